The third kappa shape index (κ3) is 5.66. The van der Waals surface area contributed by atoms with Crippen molar-refractivity contribution < 1.29 is 9.59 Å². The molecule has 0 aliphatic rings. The lowest BCUT2D eigenvalue weighted by atomic mass is 10.0. The zero-order valence-corrected chi connectivity index (χ0v) is 11.9. The van der Waals surface area contributed by atoms with Gasteiger partial charge in [0, 0.05) is 32.5 Å². The highest BCUT2D eigenvalue weighted by Gasteiger charge is 2.09. The molecule has 0 atom stereocenters. The van der Waals surface area contributed by atoms with Crippen LogP contribution in [0.25, 0.3) is 0 Å². The molecule has 1 aromatic carbocycles. The molecule has 0 fully saturated rings. The molecule has 4 nitrogen and oxygen atoms in total. The van der Waals surface area contributed by atoms with E-state index in [0.29, 0.717) is 5.56 Å². The van der Waals surface area contributed by atoms with Crippen LogP contribution >= 0.6 is 0 Å². The van der Waals surface area contributed by atoms with Gasteiger partial charge in [0.1, 0.15) is 0 Å². The molecule has 1 aromatic rings. The van der Waals surface area contributed by atoms with Gasteiger partial charge in [-0.2, -0.15) is 0 Å². The van der Waals surface area contributed by atoms with Crippen molar-refractivity contribution in [2.24, 2.45) is 0 Å². The monoisotopic (exact) mass is 262 g/mol. The summed E-state index contributed by atoms with van der Waals surface area (Å²) in [6.07, 6.45) is 2.58. The Morgan fingerprint density at radius 3 is 2.26 bits per heavy atom. The average molecular weight is 262 g/mol. The molecule has 104 valence electrons. The molecular formula is C15H22N2O2. The summed E-state index contributed by atoms with van der Waals surface area (Å²) in [4.78, 5) is 23.3. The van der Waals surface area contributed by atoms with Crippen LogP contribution in [0, 0.1) is 0 Å². The number of amides is 1. The lowest BCUT2D eigenvalue weighted by Crippen LogP contribution is -2.36. The second-order valence-corrected chi connectivity index (χ2v) is 4.80. The van der Waals surface area contributed by atoms with Crippen molar-refractivity contribution in [2.75, 3.05) is 14.1 Å². The smallest absolute Gasteiger partial charge is 0.234 e. The highest BCUT2D eigenvalue weighted by atomic mass is 16.2. The minimum Gasteiger partial charge on any atom is -0.294 e. The number of aryl methyl sites for hydroxylation is 1. The van der Waals surface area contributed by atoms with Gasteiger partial charge in [-0.15, -0.1) is 0 Å². The number of ketones is 1. The number of nitrogens with one attached hydrogen (secondary N) is 1. The summed E-state index contributed by atoms with van der Waals surface area (Å²) in [6.45, 7) is 2.13. The Balaban J connectivity index is 2.47. The van der Waals surface area contributed by atoms with Gasteiger partial charge in [-0.05, 0) is 12.0 Å². The van der Waals surface area contributed by atoms with E-state index in [-0.39, 0.29) is 24.5 Å². The van der Waals surface area contributed by atoms with Gasteiger partial charge >= 0.3 is 0 Å². The topological polar surface area (TPSA) is 49.4 Å². The maximum Gasteiger partial charge on any atom is 0.234 e. The van der Waals surface area contributed by atoms with Crippen molar-refractivity contribution in [1.82, 2.24) is 10.4 Å². The Labute approximate surface area is 114 Å². The average Bonchev–Trinajstić information content (AvgIpc) is 2.36. The molecule has 0 saturated carbocycles. The first-order valence-electron chi connectivity index (χ1n) is 6.62. The molecule has 0 saturated heterocycles. The van der Waals surface area contributed by atoms with Crippen LogP contribution in [0.3, 0.4) is 0 Å². The highest BCUT2D eigenvalue weighted by molar-refractivity contribution is 5.97. The van der Waals surface area contributed by atoms with Gasteiger partial charge in [-0.1, -0.05) is 37.6 Å². The van der Waals surface area contributed by atoms with E-state index in [1.54, 1.807) is 19.1 Å². The summed E-state index contributed by atoms with van der Waals surface area (Å²) < 4.78 is 0. The number of hydrazine groups is 1. The van der Waals surface area contributed by atoms with E-state index in [4.69, 9.17) is 0 Å². The Kier molecular flexibility index (Phi) is 6.22. The second kappa shape index (κ2) is 7.69. The van der Waals surface area contributed by atoms with Crippen molar-refractivity contribution in [2.45, 2.75) is 32.6 Å². The van der Waals surface area contributed by atoms with E-state index < -0.39 is 0 Å². The first-order valence-corrected chi connectivity index (χ1v) is 6.62. The standard InChI is InChI=1S/C15H22N2O2/c1-4-5-12-6-8-13(9-7-12)14(18)10-11-15(19)16-17(2)3/h6-9H,4-5,10-11H2,1-3H3,(H,16,19). The molecule has 1 amide bonds. The minimum atomic E-state index is -0.138. The number of hydrogen-bond donors (Lipinski definition) is 1. The van der Waals surface area contributed by atoms with Crippen LogP contribution in [0.1, 0.15) is 42.1 Å². The first-order chi connectivity index (χ1) is 9.02. The number of nitrogens with zero attached hydrogens (tertiary/aromatic N) is 1. The van der Waals surface area contributed by atoms with Gasteiger partial charge < -0.3 is 0 Å². The molecule has 1 N–H and O–H groups in total. The quantitative estimate of drug-likeness (QED) is 0.605. The molecule has 19 heavy (non-hydrogen) atoms. The molecule has 0 spiro atoms. The van der Waals surface area contributed by atoms with Gasteiger partial charge in [0.15, 0.2) is 5.78 Å². The molecular weight excluding hydrogens is 240 g/mol. The molecule has 1 rings (SSSR count). The maximum absolute atomic E-state index is 11.9. The lowest BCUT2D eigenvalue weighted by Gasteiger charge is -2.11. The van der Waals surface area contributed by atoms with E-state index in [9.17, 15) is 9.59 Å². The largest absolute Gasteiger partial charge is 0.294 e. The number of Topliss-reactive ketones (excluding diaryl/α,β-unsaturated/α-hetero) is 1. The second-order valence-electron chi connectivity index (χ2n) is 4.80. The van der Waals surface area contributed by atoms with Crippen molar-refractivity contribution in [3.63, 3.8) is 0 Å². The van der Waals surface area contributed by atoms with Gasteiger partial charge in [0.05, 0.1) is 0 Å². The molecule has 0 bridgehead atoms. The SMILES string of the molecule is CCCc1ccc(C(=O)CCC(=O)NN(C)C)cc1. The van der Waals surface area contributed by atoms with Crippen LogP contribution < -0.4 is 5.43 Å². The maximum atomic E-state index is 11.9. The van der Waals surface area contributed by atoms with Crippen molar-refractivity contribution in [3.8, 4) is 0 Å². The summed E-state index contributed by atoms with van der Waals surface area (Å²) >= 11 is 0. The molecule has 0 aromatic heterocycles. The Bertz CT molecular complexity index is 424. The third-order valence-corrected chi connectivity index (χ3v) is 2.74. The van der Waals surface area contributed by atoms with Crippen LogP contribution in [0.4, 0.5) is 0 Å². The summed E-state index contributed by atoms with van der Waals surface area (Å²) in [5.41, 5.74) is 4.54. The number of benzene rings is 1. The number of rotatable bonds is 7. The summed E-state index contributed by atoms with van der Waals surface area (Å²) in [5.74, 6) is -0.127. The summed E-state index contributed by atoms with van der Waals surface area (Å²) in [5, 5.41) is 1.58. The van der Waals surface area contributed by atoms with E-state index in [2.05, 4.69) is 12.3 Å². The summed E-state index contributed by atoms with van der Waals surface area (Å²) in [6, 6.07) is 7.65. The van der Waals surface area contributed by atoms with E-state index in [1.807, 2.05) is 24.3 Å². The molecule has 0 aliphatic heterocycles. The number of carbonyl (C=O) groups excluding carboxylic acids is 2. The number of carbonyl (C=O) groups is 2. The molecule has 0 radical (unpaired) electrons. The fourth-order valence-electron chi connectivity index (χ4n) is 1.82. The third-order valence-electron chi connectivity index (χ3n) is 2.74. The van der Waals surface area contributed by atoms with Gasteiger partial charge in [-0.25, -0.2) is 5.01 Å². The fourth-order valence-corrected chi connectivity index (χ4v) is 1.82. The summed E-state index contributed by atoms with van der Waals surface area (Å²) in [7, 11) is 3.48. The first kappa shape index (κ1) is 15.4. The van der Waals surface area contributed by atoms with Crippen LogP contribution in [-0.4, -0.2) is 30.8 Å². The van der Waals surface area contributed by atoms with E-state index >= 15 is 0 Å². The Hall–Kier alpha value is -1.68. The molecule has 0 heterocycles. The number of hydrogen-bond acceptors (Lipinski definition) is 3. The lowest BCUT2D eigenvalue weighted by molar-refractivity contribution is -0.124. The Morgan fingerprint density at radius 2 is 1.74 bits per heavy atom. The molecule has 0 aliphatic carbocycles. The van der Waals surface area contributed by atoms with Gasteiger partial charge in [0.25, 0.3) is 0 Å². The molecule has 4 heteroatoms. The van der Waals surface area contributed by atoms with Crippen LogP contribution in [-0.2, 0) is 11.2 Å². The Morgan fingerprint density at radius 1 is 1.11 bits per heavy atom. The molecule has 0 unspecified atom stereocenters. The van der Waals surface area contributed by atoms with Crippen molar-refractivity contribution in [1.29, 1.82) is 0 Å². The van der Waals surface area contributed by atoms with Gasteiger partial charge in [0.2, 0.25) is 5.91 Å². The highest BCUT2D eigenvalue weighted by Crippen LogP contribution is 2.09. The van der Waals surface area contributed by atoms with E-state index in [0.717, 1.165) is 12.8 Å². The van der Waals surface area contributed by atoms with Crippen molar-refractivity contribution in [3.05, 3.63) is 35.4 Å². The van der Waals surface area contributed by atoms with Crippen LogP contribution in [0.5, 0.6) is 0 Å². The predicted octanol–water partition coefficient (Wildman–Crippen LogP) is 2.19. The van der Waals surface area contributed by atoms with Gasteiger partial charge in [-0.3, -0.25) is 15.0 Å². The normalized spacial score (nSPS) is 10.5. The van der Waals surface area contributed by atoms with Crippen molar-refractivity contribution >= 4 is 11.7 Å². The predicted molar refractivity (Wildman–Crippen MR) is 75.8 cm³/mol. The van der Waals surface area contributed by atoms with Crippen LogP contribution in [0.15, 0.2) is 24.3 Å². The fraction of sp³-hybridized carbons (Fsp3) is 0.467. The zero-order chi connectivity index (χ0) is 14.3. The van der Waals surface area contributed by atoms with E-state index in [1.165, 1.54) is 5.56 Å². The zero-order valence-electron chi connectivity index (χ0n) is 11.9. The minimum absolute atomic E-state index is 0.0111. The van der Waals surface area contributed by atoms with Crippen LogP contribution in [0.2, 0.25) is 0 Å².